The van der Waals surface area contributed by atoms with E-state index in [1.165, 1.54) is 0 Å². The predicted octanol–water partition coefficient (Wildman–Crippen LogP) is 4.18. The number of hydrogen-bond acceptors (Lipinski definition) is 4. The molecule has 0 aliphatic carbocycles. The number of hydrogen-bond donors (Lipinski definition) is 0. The third-order valence-corrected chi connectivity index (χ3v) is 6.55. The zero-order chi connectivity index (χ0) is 17.5. The van der Waals surface area contributed by atoms with Crippen molar-refractivity contribution in [2.75, 3.05) is 25.7 Å². The number of anilines is 1. The molecule has 5 nitrogen and oxygen atoms in total. The van der Waals surface area contributed by atoms with Gasteiger partial charge in [0.15, 0.2) is 0 Å². The maximum absolute atomic E-state index is 12.5. The number of carbonyl (C=O) groups excluding carboxylic acids is 1. The fraction of sp³-hybridized carbons (Fsp3) is 0.588. The van der Waals surface area contributed by atoms with Gasteiger partial charge in [-0.25, -0.2) is 4.79 Å². The number of benzene rings is 1. The van der Waals surface area contributed by atoms with Crippen LogP contribution in [-0.2, 0) is 13.6 Å². The highest BCUT2D eigenvalue weighted by molar-refractivity contribution is 6.65. The van der Waals surface area contributed by atoms with Crippen molar-refractivity contribution < 1.29 is 18.4 Å². The second-order valence-corrected chi connectivity index (χ2v) is 10.2. The number of rotatable bonds is 7. The molecule has 1 amide bonds. The Morgan fingerprint density at radius 1 is 1.13 bits per heavy atom. The van der Waals surface area contributed by atoms with Gasteiger partial charge in [0, 0.05) is 26.5 Å². The molecule has 0 N–H and O–H groups in total. The van der Waals surface area contributed by atoms with Crippen LogP contribution < -0.4 is 4.90 Å². The summed E-state index contributed by atoms with van der Waals surface area (Å²) in [5.41, 5.74) is 0.312. The molecule has 0 saturated carbocycles. The fourth-order valence-electron chi connectivity index (χ4n) is 2.10. The Bertz CT molecular complexity index is 483. The fourth-order valence-corrected chi connectivity index (χ4v) is 3.47. The molecule has 0 heterocycles. The Morgan fingerprint density at radius 3 is 2.17 bits per heavy atom. The van der Waals surface area contributed by atoms with Gasteiger partial charge in [-0.1, -0.05) is 18.2 Å². The minimum absolute atomic E-state index is 0.332. The smallest absolute Gasteiger partial charge is 0.414 e. The van der Waals surface area contributed by atoms with E-state index in [0.29, 0.717) is 6.54 Å². The topological polar surface area (TPSA) is 48.0 Å². The van der Waals surface area contributed by atoms with Crippen molar-refractivity contribution >= 4 is 20.3 Å². The molecule has 0 atom stereocenters. The minimum Gasteiger partial charge on any atom is -0.443 e. The molecule has 0 aromatic heterocycles. The summed E-state index contributed by atoms with van der Waals surface area (Å²) >= 11 is 0. The molecule has 6 heteroatoms. The summed E-state index contributed by atoms with van der Waals surface area (Å²) in [5, 5.41) is 0. The molecule has 0 saturated heterocycles. The maximum atomic E-state index is 12.5. The average molecular weight is 340 g/mol. The first-order valence-corrected chi connectivity index (χ1v) is 10.4. The molecule has 1 rings (SSSR count). The molecular weight excluding hydrogens is 310 g/mol. The van der Waals surface area contributed by atoms with Crippen LogP contribution in [0.4, 0.5) is 10.5 Å². The van der Waals surface area contributed by atoms with Gasteiger partial charge in [-0.2, -0.15) is 0 Å². The number of carbonyl (C=O) groups is 1. The highest BCUT2D eigenvalue weighted by Gasteiger charge is 2.29. The summed E-state index contributed by atoms with van der Waals surface area (Å²) in [4.78, 5) is 14.2. The Morgan fingerprint density at radius 2 is 1.70 bits per heavy atom. The van der Waals surface area contributed by atoms with E-state index in [9.17, 15) is 4.79 Å². The van der Waals surface area contributed by atoms with Crippen LogP contribution >= 0.6 is 0 Å². The Labute approximate surface area is 140 Å². The van der Waals surface area contributed by atoms with Crippen molar-refractivity contribution in [2.24, 2.45) is 0 Å². The van der Waals surface area contributed by atoms with Gasteiger partial charge < -0.3 is 13.6 Å². The lowest BCUT2D eigenvalue weighted by molar-refractivity contribution is 0.0580. The van der Waals surface area contributed by atoms with Gasteiger partial charge >= 0.3 is 14.7 Å². The second-order valence-electron chi connectivity index (χ2n) is 6.61. The molecule has 0 bridgehead atoms. The van der Waals surface area contributed by atoms with Gasteiger partial charge in [-0.15, -0.1) is 0 Å². The van der Waals surface area contributed by atoms with Crippen LogP contribution in [0.15, 0.2) is 30.3 Å². The molecular formula is C17H29NO4Si. The van der Waals surface area contributed by atoms with Gasteiger partial charge in [0.25, 0.3) is 0 Å². The second kappa shape index (κ2) is 8.47. The van der Waals surface area contributed by atoms with Crippen molar-refractivity contribution in [3.8, 4) is 0 Å². The van der Waals surface area contributed by atoms with Crippen LogP contribution in [0.5, 0.6) is 0 Å². The molecule has 23 heavy (non-hydrogen) atoms. The van der Waals surface area contributed by atoms with E-state index in [4.69, 9.17) is 13.6 Å². The lowest BCUT2D eigenvalue weighted by Gasteiger charge is -2.29. The summed E-state index contributed by atoms with van der Waals surface area (Å²) in [5.74, 6) is 0. The summed E-state index contributed by atoms with van der Waals surface area (Å²) in [6, 6.07) is 10.4. The lowest BCUT2D eigenvalue weighted by Crippen LogP contribution is -2.40. The highest BCUT2D eigenvalue weighted by atomic mass is 28.4. The largest absolute Gasteiger partial charge is 0.443 e. The van der Waals surface area contributed by atoms with Crippen LogP contribution in [-0.4, -0.2) is 41.0 Å². The first kappa shape index (κ1) is 19.7. The van der Waals surface area contributed by atoms with E-state index >= 15 is 0 Å². The van der Waals surface area contributed by atoms with Crippen LogP contribution in [0.1, 0.15) is 27.2 Å². The number of para-hydroxylation sites is 1. The summed E-state index contributed by atoms with van der Waals surface area (Å²) in [6.45, 7) is 8.19. The predicted molar refractivity (Wildman–Crippen MR) is 95.1 cm³/mol. The maximum Gasteiger partial charge on any atom is 0.414 e. The number of nitrogens with zero attached hydrogens (tertiary/aromatic N) is 1. The van der Waals surface area contributed by atoms with Crippen LogP contribution in [0, 0.1) is 0 Å². The van der Waals surface area contributed by atoms with Crippen LogP contribution in [0.2, 0.25) is 12.6 Å². The third-order valence-electron chi connectivity index (χ3n) is 3.56. The summed E-state index contributed by atoms with van der Waals surface area (Å²) in [7, 11) is 1.23. The SMILES string of the molecule is CO[Si](C)(CCCN(C(=O)OC(C)(C)C)c1ccccc1)OC. The quantitative estimate of drug-likeness (QED) is 0.699. The minimum atomic E-state index is -2.13. The molecule has 0 fully saturated rings. The van der Waals surface area contributed by atoms with Gasteiger partial charge in [0.1, 0.15) is 5.60 Å². The van der Waals surface area contributed by atoms with Crippen LogP contribution in [0.3, 0.4) is 0 Å². The molecule has 130 valence electrons. The Balaban J connectivity index is 2.79. The van der Waals surface area contributed by atoms with E-state index in [-0.39, 0.29) is 6.09 Å². The Kier molecular flexibility index (Phi) is 7.25. The molecule has 0 aliphatic rings. The van der Waals surface area contributed by atoms with Crippen LogP contribution in [0.25, 0.3) is 0 Å². The highest BCUT2D eigenvalue weighted by Crippen LogP contribution is 2.20. The summed E-state index contributed by atoms with van der Waals surface area (Å²) < 4.78 is 16.5. The van der Waals surface area contributed by atoms with E-state index in [2.05, 4.69) is 0 Å². The molecule has 0 aliphatic heterocycles. The van der Waals surface area contributed by atoms with E-state index < -0.39 is 14.2 Å². The van der Waals surface area contributed by atoms with Crippen molar-refractivity contribution in [3.05, 3.63) is 30.3 Å². The van der Waals surface area contributed by atoms with Gasteiger partial charge in [0.05, 0.1) is 0 Å². The molecule has 1 aromatic carbocycles. The standard InChI is InChI=1S/C17H29NO4Si/c1-17(2,3)22-16(19)18(15-11-8-7-9-12-15)13-10-14-23(6,20-4)21-5/h7-9,11-12H,10,13-14H2,1-6H3. The van der Waals surface area contributed by atoms with Gasteiger partial charge in [-0.05, 0) is 51.9 Å². The molecule has 1 aromatic rings. The number of ether oxygens (including phenoxy) is 1. The van der Waals surface area contributed by atoms with Crippen molar-refractivity contribution in [1.29, 1.82) is 0 Å². The zero-order valence-electron chi connectivity index (χ0n) is 15.1. The third kappa shape index (κ3) is 6.72. The van der Waals surface area contributed by atoms with Crippen molar-refractivity contribution in [3.63, 3.8) is 0 Å². The van der Waals surface area contributed by atoms with E-state index in [0.717, 1.165) is 18.2 Å². The number of amides is 1. The first-order chi connectivity index (χ1) is 10.7. The van der Waals surface area contributed by atoms with E-state index in [1.807, 2.05) is 57.7 Å². The molecule has 0 radical (unpaired) electrons. The Hall–Kier alpha value is -1.37. The van der Waals surface area contributed by atoms with Gasteiger partial charge in [-0.3, -0.25) is 4.90 Å². The average Bonchev–Trinajstić information content (AvgIpc) is 2.50. The van der Waals surface area contributed by atoms with Gasteiger partial charge in [0.2, 0.25) is 0 Å². The first-order valence-electron chi connectivity index (χ1n) is 7.86. The zero-order valence-corrected chi connectivity index (χ0v) is 16.1. The van der Waals surface area contributed by atoms with Crippen molar-refractivity contribution in [1.82, 2.24) is 0 Å². The summed E-state index contributed by atoms with van der Waals surface area (Å²) in [6.07, 6.45) is 0.459. The van der Waals surface area contributed by atoms with E-state index in [1.54, 1.807) is 19.1 Å². The van der Waals surface area contributed by atoms with Crippen molar-refractivity contribution in [2.45, 2.75) is 45.4 Å². The lowest BCUT2D eigenvalue weighted by atomic mass is 10.2. The molecule has 0 unspecified atom stereocenters. The molecule has 0 spiro atoms. The normalized spacial score (nSPS) is 12.1. The monoisotopic (exact) mass is 339 g/mol.